The van der Waals surface area contributed by atoms with Crippen molar-refractivity contribution in [2.24, 2.45) is 0 Å². The van der Waals surface area contributed by atoms with Crippen molar-refractivity contribution in [1.29, 1.82) is 0 Å². The van der Waals surface area contributed by atoms with Crippen molar-refractivity contribution in [3.8, 4) is 0 Å². The molecule has 0 aromatic carbocycles. The molecule has 0 spiro atoms. The Bertz CT molecular complexity index is 304. The van der Waals surface area contributed by atoms with Crippen molar-refractivity contribution < 1.29 is 4.74 Å². The molecule has 1 aliphatic rings. The second-order valence-corrected chi connectivity index (χ2v) is 5.04. The number of imidazole rings is 1. The van der Waals surface area contributed by atoms with E-state index >= 15 is 0 Å². The van der Waals surface area contributed by atoms with Gasteiger partial charge in [-0.1, -0.05) is 0 Å². The van der Waals surface area contributed by atoms with Crippen LogP contribution in [0, 0.1) is 0 Å². The van der Waals surface area contributed by atoms with Crippen molar-refractivity contribution in [3.05, 3.63) is 18.7 Å². The first-order valence-electron chi connectivity index (χ1n) is 6.52. The first kappa shape index (κ1) is 12.6. The van der Waals surface area contributed by atoms with Crippen LogP contribution in [0.1, 0.15) is 32.6 Å². The Balaban J connectivity index is 1.70. The van der Waals surface area contributed by atoms with Gasteiger partial charge in [0.1, 0.15) is 0 Å². The van der Waals surface area contributed by atoms with E-state index in [1.807, 2.05) is 25.8 Å². The molecule has 17 heavy (non-hydrogen) atoms. The number of hydrogen-bond donors (Lipinski definition) is 1. The molecule has 4 nitrogen and oxygen atoms in total. The first-order chi connectivity index (χ1) is 8.28. The summed E-state index contributed by atoms with van der Waals surface area (Å²) in [6.07, 6.45) is 11.0. The Kier molecular flexibility index (Phi) is 4.57. The summed E-state index contributed by atoms with van der Waals surface area (Å²) >= 11 is 0. The molecule has 0 saturated heterocycles. The van der Waals surface area contributed by atoms with Gasteiger partial charge in [0.25, 0.3) is 0 Å². The summed E-state index contributed by atoms with van der Waals surface area (Å²) in [5.41, 5.74) is 0. The fraction of sp³-hybridized carbons (Fsp3) is 0.769. The number of hydrogen-bond acceptors (Lipinski definition) is 3. The summed E-state index contributed by atoms with van der Waals surface area (Å²) in [5.74, 6) is 0. The molecule has 0 bridgehead atoms. The second-order valence-electron chi connectivity index (χ2n) is 5.04. The Labute approximate surface area is 103 Å². The molecule has 1 unspecified atom stereocenters. The smallest absolute Gasteiger partial charge is 0.0946 e. The normalized spacial score (nSPS) is 26.9. The lowest BCUT2D eigenvalue weighted by atomic mass is 9.92. The predicted molar refractivity (Wildman–Crippen MR) is 67.9 cm³/mol. The molecule has 1 aliphatic carbocycles. The van der Waals surface area contributed by atoms with E-state index in [9.17, 15) is 0 Å². The Morgan fingerprint density at radius 3 is 2.76 bits per heavy atom. The minimum atomic E-state index is 0.483. The number of aromatic nitrogens is 2. The number of nitrogens with one attached hydrogen (secondary N) is 1. The second kappa shape index (κ2) is 6.17. The van der Waals surface area contributed by atoms with Crippen LogP contribution >= 0.6 is 0 Å². The van der Waals surface area contributed by atoms with Crippen molar-refractivity contribution in [2.75, 3.05) is 7.11 Å². The van der Waals surface area contributed by atoms with Gasteiger partial charge in [0, 0.05) is 38.1 Å². The summed E-state index contributed by atoms with van der Waals surface area (Å²) in [6, 6.07) is 1.15. The molecule has 1 aromatic rings. The summed E-state index contributed by atoms with van der Waals surface area (Å²) in [7, 11) is 1.82. The molecule has 1 saturated carbocycles. The van der Waals surface area contributed by atoms with Gasteiger partial charge in [-0.15, -0.1) is 0 Å². The maximum absolute atomic E-state index is 5.39. The van der Waals surface area contributed by atoms with Gasteiger partial charge in [-0.2, -0.15) is 0 Å². The van der Waals surface area contributed by atoms with Gasteiger partial charge >= 0.3 is 0 Å². The number of methoxy groups -OCH3 is 1. The zero-order valence-electron chi connectivity index (χ0n) is 10.8. The third kappa shape index (κ3) is 3.82. The SMILES string of the molecule is COC1CCC(NC(C)Cn2ccnc2)CC1. The van der Waals surface area contributed by atoms with Crippen LogP contribution < -0.4 is 5.32 Å². The number of nitrogens with zero attached hydrogens (tertiary/aromatic N) is 2. The summed E-state index contributed by atoms with van der Waals surface area (Å²) in [5, 5.41) is 3.70. The van der Waals surface area contributed by atoms with Crippen LogP contribution in [0.2, 0.25) is 0 Å². The van der Waals surface area contributed by atoms with Crippen LogP contribution in [0.25, 0.3) is 0 Å². The average molecular weight is 237 g/mol. The summed E-state index contributed by atoms with van der Waals surface area (Å²) in [6.45, 7) is 3.23. The molecule has 4 heteroatoms. The first-order valence-corrected chi connectivity index (χ1v) is 6.52. The molecule has 1 fully saturated rings. The molecule has 0 aliphatic heterocycles. The standard InChI is InChI=1S/C13H23N3O/c1-11(9-16-8-7-14-10-16)15-12-3-5-13(17-2)6-4-12/h7-8,10-13,15H,3-6,9H2,1-2H3. The van der Waals surface area contributed by atoms with E-state index in [0.29, 0.717) is 18.2 Å². The van der Waals surface area contributed by atoms with Gasteiger partial charge in [0.15, 0.2) is 0 Å². The van der Waals surface area contributed by atoms with E-state index in [4.69, 9.17) is 4.74 Å². The molecule has 96 valence electrons. The van der Waals surface area contributed by atoms with E-state index < -0.39 is 0 Å². The van der Waals surface area contributed by atoms with Gasteiger partial charge in [0.05, 0.1) is 12.4 Å². The Hall–Kier alpha value is -0.870. The minimum absolute atomic E-state index is 0.483. The number of ether oxygens (including phenoxy) is 1. The average Bonchev–Trinajstić information content (AvgIpc) is 2.82. The van der Waals surface area contributed by atoms with Crippen LogP contribution in [0.4, 0.5) is 0 Å². The predicted octanol–water partition coefficient (Wildman–Crippen LogP) is 1.82. The molecule has 0 radical (unpaired) electrons. The highest BCUT2D eigenvalue weighted by atomic mass is 16.5. The monoisotopic (exact) mass is 237 g/mol. The van der Waals surface area contributed by atoms with Gasteiger partial charge in [-0.25, -0.2) is 4.98 Å². The lowest BCUT2D eigenvalue weighted by Gasteiger charge is -2.30. The van der Waals surface area contributed by atoms with Crippen molar-refractivity contribution in [3.63, 3.8) is 0 Å². The highest BCUT2D eigenvalue weighted by Gasteiger charge is 2.21. The topological polar surface area (TPSA) is 39.1 Å². The Morgan fingerprint density at radius 1 is 1.41 bits per heavy atom. The van der Waals surface area contributed by atoms with Crippen molar-refractivity contribution >= 4 is 0 Å². The van der Waals surface area contributed by atoms with E-state index in [1.54, 1.807) is 0 Å². The van der Waals surface area contributed by atoms with Crippen molar-refractivity contribution in [2.45, 2.75) is 57.3 Å². The quantitative estimate of drug-likeness (QED) is 0.849. The highest BCUT2D eigenvalue weighted by molar-refractivity contribution is 4.81. The third-order valence-electron chi connectivity index (χ3n) is 3.57. The van der Waals surface area contributed by atoms with Crippen molar-refractivity contribution in [1.82, 2.24) is 14.9 Å². The van der Waals surface area contributed by atoms with Gasteiger partial charge in [-0.3, -0.25) is 0 Å². The maximum Gasteiger partial charge on any atom is 0.0946 e. The van der Waals surface area contributed by atoms with E-state index in [2.05, 4.69) is 21.8 Å². The summed E-state index contributed by atoms with van der Waals surface area (Å²) in [4.78, 5) is 4.06. The maximum atomic E-state index is 5.39. The van der Waals surface area contributed by atoms with Gasteiger partial charge < -0.3 is 14.6 Å². The van der Waals surface area contributed by atoms with Crippen LogP contribution in [0.15, 0.2) is 18.7 Å². The molecule has 0 amide bonds. The van der Waals surface area contributed by atoms with Crippen LogP contribution in [0.5, 0.6) is 0 Å². The van der Waals surface area contributed by atoms with E-state index in [-0.39, 0.29) is 0 Å². The van der Waals surface area contributed by atoms with Crippen LogP contribution in [-0.4, -0.2) is 34.8 Å². The van der Waals surface area contributed by atoms with E-state index in [1.165, 1.54) is 25.7 Å². The van der Waals surface area contributed by atoms with E-state index in [0.717, 1.165) is 6.54 Å². The lowest BCUT2D eigenvalue weighted by molar-refractivity contribution is 0.0611. The van der Waals surface area contributed by atoms with Gasteiger partial charge in [-0.05, 0) is 32.6 Å². The fourth-order valence-electron chi connectivity index (χ4n) is 2.63. The number of rotatable bonds is 5. The fourth-order valence-corrected chi connectivity index (χ4v) is 2.63. The van der Waals surface area contributed by atoms with Crippen LogP contribution in [0.3, 0.4) is 0 Å². The van der Waals surface area contributed by atoms with Gasteiger partial charge in [0.2, 0.25) is 0 Å². The minimum Gasteiger partial charge on any atom is -0.381 e. The molecule has 2 rings (SSSR count). The lowest BCUT2D eigenvalue weighted by Crippen LogP contribution is -2.41. The molecule has 1 N–H and O–H groups in total. The Morgan fingerprint density at radius 2 is 2.18 bits per heavy atom. The molecule has 1 heterocycles. The zero-order chi connectivity index (χ0) is 12.1. The summed E-state index contributed by atoms with van der Waals surface area (Å²) < 4.78 is 7.51. The highest BCUT2D eigenvalue weighted by Crippen LogP contribution is 2.20. The molecule has 1 atom stereocenters. The largest absolute Gasteiger partial charge is 0.381 e. The molecular weight excluding hydrogens is 214 g/mol. The third-order valence-corrected chi connectivity index (χ3v) is 3.57. The zero-order valence-corrected chi connectivity index (χ0v) is 10.8. The molecule has 1 aromatic heterocycles. The van der Waals surface area contributed by atoms with Crippen LogP contribution in [-0.2, 0) is 11.3 Å². The molecular formula is C13H23N3O.